The van der Waals surface area contributed by atoms with E-state index in [0.717, 1.165) is 0 Å². The van der Waals surface area contributed by atoms with Crippen molar-refractivity contribution in [1.29, 1.82) is 0 Å². The highest BCUT2D eigenvalue weighted by molar-refractivity contribution is 5.94. The fourth-order valence-electron chi connectivity index (χ4n) is 3.85. The molecule has 32 heavy (non-hydrogen) atoms. The number of nitrogens with one attached hydrogen (secondary N) is 2. The Labute approximate surface area is 188 Å². The fourth-order valence-corrected chi connectivity index (χ4v) is 3.85. The van der Waals surface area contributed by atoms with E-state index >= 15 is 0 Å². The van der Waals surface area contributed by atoms with Crippen molar-refractivity contribution in [3.05, 3.63) is 71.5 Å². The first-order chi connectivity index (χ1) is 15.3. The Morgan fingerprint density at radius 3 is 2.25 bits per heavy atom. The Morgan fingerprint density at radius 1 is 1.00 bits per heavy atom. The smallest absolute Gasteiger partial charge is 0.256 e. The minimum atomic E-state index is -0.777. The maximum atomic E-state index is 13.9. The van der Waals surface area contributed by atoms with Crippen LogP contribution < -0.4 is 10.6 Å². The summed E-state index contributed by atoms with van der Waals surface area (Å²) >= 11 is 0. The zero-order valence-corrected chi connectivity index (χ0v) is 18.5. The molecule has 0 aliphatic carbocycles. The van der Waals surface area contributed by atoms with Crippen molar-refractivity contribution >= 4 is 17.7 Å². The molecular formula is C25H30FN3O3. The lowest BCUT2D eigenvalue weighted by Gasteiger charge is -2.33. The molecule has 1 unspecified atom stereocenters. The average molecular weight is 440 g/mol. The molecule has 2 N–H and O–H groups in total. The third-order valence-electron chi connectivity index (χ3n) is 5.53. The Morgan fingerprint density at radius 2 is 1.62 bits per heavy atom. The van der Waals surface area contributed by atoms with E-state index in [-0.39, 0.29) is 35.2 Å². The van der Waals surface area contributed by atoms with Crippen molar-refractivity contribution in [3.63, 3.8) is 0 Å². The molecule has 1 aliphatic rings. The van der Waals surface area contributed by atoms with Crippen molar-refractivity contribution in [3.8, 4) is 0 Å². The second kappa shape index (κ2) is 10.9. The molecule has 3 rings (SSSR count). The van der Waals surface area contributed by atoms with Gasteiger partial charge in [0.1, 0.15) is 11.9 Å². The summed E-state index contributed by atoms with van der Waals surface area (Å²) in [7, 11) is 0. The van der Waals surface area contributed by atoms with Crippen molar-refractivity contribution < 1.29 is 18.8 Å². The number of hydrogen-bond donors (Lipinski definition) is 2. The number of nitrogens with zero attached hydrogens (tertiary/aromatic N) is 1. The molecule has 170 valence electrons. The SMILES string of the molecule is CC(C)CC(=O)NC(C(=O)NC1CCN(C(=O)c2ccccc2F)CC1)c1ccccc1. The Balaban J connectivity index is 1.60. The monoisotopic (exact) mass is 439 g/mol. The highest BCUT2D eigenvalue weighted by Gasteiger charge is 2.29. The van der Waals surface area contributed by atoms with Crippen LogP contribution in [0.25, 0.3) is 0 Å². The maximum absolute atomic E-state index is 13.9. The van der Waals surface area contributed by atoms with E-state index in [0.29, 0.717) is 37.9 Å². The molecule has 0 spiro atoms. The number of amides is 3. The summed E-state index contributed by atoms with van der Waals surface area (Å²) in [5.41, 5.74) is 0.779. The molecule has 1 aliphatic heterocycles. The van der Waals surface area contributed by atoms with E-state index in [9.17, 15) is 18.8 Å². The first-order valence-electron chi connectivity index (χ1n) is 11.0. The van der Waals surface area contributed by atoms with Gasteiger partial charge >= 0.3 is 0 Å². The number of likely N-dealkylation sites (tertiary alicyclic amines) is 1. The van der Waals surface area contributed by atoms with Gasteiger partial charge in [-0.05, 0) is 36.5 Å². The van der Waals surface area contributed by atoms with Crippen LogP contribution in [-0.2, 0) is 9.59 Å². The minimum absolute atomic E-state index is 0.0620. The zero-order valence-electron chi connectivity index (χ0n) is 18.5. The molecule has 0 bridgehead atoms. The van der Waals surface area contributed by atoms with Crippen LogP contribution in [0.15, 0.2) is 54.6 Å². The van der Waals surface area contributed by atoms with Crippen LogP contribution in [0.3, 0.4) is 0 Å². The second-order valence-electron chi connectivity index (χ2n) is 8.56. The van der Waals surface area contributed by atoms with Gasteiger partial charge in [-0.1, -0.05) is 56.3 Å². The molecule has 2 aromatic rings. The molecule has 0 saturated carbocycles. The first-order valence-corrected chi connectivity index (χ1v) is 11.0. The van der Waals surface area contributed by atoms with Crippen LogP contribution in [0.4, 0.5) is 4.39 Å². The number of benzene rings is 2. The molecule has 3 amide bonds. The summed E-state index contributed by atoms with van der Waals surface area (Å²) in [6.45, 7) is 4.75. The average Bonchev–Trinajstić information content (AvgIpc) is 2.78. The van der Waals surface area contributed by atoms with E-state index in [2.05, 4.69) is 10.6 Å². The van der Waals surface area contributed by atoms with Crippen molar-refractivity contribution in [2.24, 2.45) is 5.92 Å². The summed E-state index contributed by atoms with van der Waals surface area (Å²) in [5, 5.41) is 5.87. The molecule has 1 atom stereocenters. The number of halogens is 1. The standard InChI is InChI=1S/C25H30FN3O3/c1-17(2)16-22(30)28-23(18-8-4-3-5-9-18)24(31)27-19-12-14-29(15-13-19)25(32)20-10-6-7-11-21(20)26/h3-11,17,19,23H,12-16H2,1-2H3,(H,27,31)(H,28,30). The van der Waals surface area contributed by atoms with Crippen molar-refractivity contribution in [1.82, 2.24) is 15.5 Å². The lowest BCUT2D eigenvalue weighted by atomic mass is 10.0. The van der Waals surface area contributed by atoms with Gasteiger partial charge in [-0.2, -0.15) is 0 Å². The Bertz CT molecular complexity index is 940. The van der Waals surface area contributed by atoms with Gasteiger partial charge in [0.2, 0.25) is 11.8 Å². The largest absolute Gasteiger partial charge is 0.351 e. The third-order valence-corrected chi connectivity index (χ3v) is 5.53. The number of carbonyl (C=O) groups excluding carboxylic acids is 3. The lowest BCUT2D eigenvalue weighted by Crippen LogP contribution is -2.49. The predicted octanol–water partition coefficient (Wildman–Crippen LogP) is 3.45. The van der Waals surface area contributed by atoms with Gasteiger partial charge in [0, 0.05) is 25.6 Å². The van der Waals surface area contributed by atoms with Crippen LogP contribution in [0.2, 0.25) is 0 Å². The summed E-state index contributed by atoms with van der Waals surface area (Å²) in [6.07, 6.45) is 1.47. The molecule has 7 heteroatoms. The molecule has 2 aromatic carbocycles. The van der Waals surface area contributed by atoms with Crippen molar-refractivity contribution in [2.75, 3.05) is 13.1 Å². The van der Waals surface area contributed by atoms with Crippen LogP contribution >= 0.6 is 0 Å². The van der Waals surface area contributed by atoms with Gasteiger partial charge < -0.3 is 15.5 Å². The van der Waals surface area contributed by atoms with Crippen LogP contribution in [0, 0.1) is 11.7 Å². The van der Waals surface area contributed by atoms with E-state index in [1.54, 1.807) is 17.0 Å². The molecular weight excluding hydrogens is 409 g/mol. The van der Waals surface area contributed by atoms with E-state index in [4.69, 9.17) is 0 Å². The molecule has 1 heterocycles. The molecule has 0 aromatic heterocycles. The third kappa shape index (κ3) is 6.15. The van der Waals surface area contributed by atoms with Gasteiger partial charge in [0.05, 0.1) is 5.56 Å². The lowest BCUT2D eigenvalue weighted by molar-refractivity contribution is -0.130. The summed E-state index contributed by atoms with van der Waals surface area (Å²) in [4.78, 5) is 39.6. The summed E-state index contributed by atoms with van der Waals surface area (Å²) in [5.74, 6) is -1.13. The van der Waals surface area contributed by atoms with Crippen LogP contribution in [0.1, 0.15) is 55.1 Å². The fraction of sp³-hybridized carbons (Fsp3) is 0.400. The van der Waals surface area contributed by atoms with E-state index in [1.807, 2.05) is 44.2 Å². The molecule has 1 saturated heterocycles. The van der Waals surface area contributed by atoms with E-state index in [1.165, 1.54) is 12.1 Å². The Hall–Kier alpha value is -3.22. The van der Waals surface area contributed by atoms with Crippen LogP contribution in [-0.4, -0.2) is 41.8 Å². The number of piperidine rings is 1. The molecule has 6 nitrogen and oxygen atoms in total. The number of carbonyl (C=O) groups is 3. The zero-order chi connectivity index (χ0) is 23.1. The van der Waals surface area contributed by atoms with Gasteiger partial charge in [-0.15, -0.1) is 0 Å². The molecule has 0 radical (unpaired) electrons. The normalized spacial score (nSPS) is 15.3. The van der Waals surface area contributed by atoms with Crippen molar-refractivity contribution in [2.45, 2.75) is 45.2 Å². The quantitative estimate of drug-likeness (QED) is 0.694. The van der Waals surface area contributed by atoms with E-state index < -0.39 is 11.9 Å². The maximum Gasteiger partial charge on any atom is 0.256 e. The minimum Gasteiger partial charge on any atom is -0.351 e. The van der Waals surface area contributed by atoms with Gasteiger partial charge in [0.15, 0.2) is 0 Å². The second-order valence-corrected chi connectivity index (χ2v) is 8.56. The Kier molecular flexibility index (Phi) is 7.98. The number of hydrogen-bond acceptors (Lipinski definition) is 3. The number of rotatable bonds is 7. The summed E-state index contributed by atoms with van der Waals surface area (Å²) < 4.78 is 13.9. The van der Waals surface area contributed by atoms with Crippen LogP contribution in [0.5, 0.6) is 0 Å². The summed E-state index contributed by atoms with van der Waals surface area (Å²) in [6, 6.07) is 14.2. The highest BCUT2D eigenvalue weighted by Crippen LogP contribution is 2.18. The topological polar surface area (TPSA) is 78.5 Å². The first kappa shape index (κ1) is 23.4. The predicted molar refractivity (Wildman–Crippen MR) is 120 cm³/mol. The highest BCUT2D eigenvalue weighted by atomic mass is 19.1. The van der Waals surface area contributed by atoms with Gasteiger partial charge in [-0.25, -0.2) is 4.39 Å². The van der Waals surface area contributed by atoms with Gasteiger partial charge in [0.25, 0.3) is 5.91 Å². The molecule has 1 fully saturated rings. The van der Waals surface area contributed by atoms with Gasteiger partial charge in [-0.3, -0.25) is 14.4 Å².